The van der Waals surface area contributed by atoms with Gasteiger partial charge in [-0.3, -0.25) is 0 Å². The molecule has 0 saturated carbocycles. The number of carbonyl (C=O) groups excluding carboxylic acids is 1. The molecule has 0 unspecified atom stereocenters. The van der Waals surface area contributed by atoms with Crippen LogP contribution in [0.2, 0.25) is 0 Å². The first-order valence-corrected chi connectivity index (χ1v) is 4.59. The molecule has 68 valence electrons. The molecule has 0 heterocycles. The van der Waals surface area contributed by atoms with Gasteiger partial charge in [0.05, 0.1) is 0 Å². The number of rotatable bonds is 5. The zero-order valence-electron chi connectivity index (χ0n) is 6.50. The molecule has 0 bridgehead atoms. The van der Waals surface area contributed by atoms with Crippen LogP contribution in [0.5, 0.6) is 0 Å². The molecule has 0 atom stereocenters. The summed E-state index contributed by atoms with van der Waals surface area (Å²) in [6.45, 7) is 0. The monoisotopic (exact) mass is 198 g/mol. The van der Waals surface area contributed by atoms with Gasteiger partial charge in [-0.05, 0) is 18.6 Å². The van der Waals surface area contributed by atoms with Crippen LogP contribution < -0.4 is 16.0 Å². The first-order chi connectivity index (χ1) is 4.77. The summed E-state index contributed by atoms with van der Waals surface area (Å²) in [5.74, 6) is 1.64. The molecule has 0 aromatic rings. The van der Waals surface area contributed by atoms with Crippen LogP contribution in [0, 0.1) is 0 Å². The van der Waals surface area contributed by atoms with Crippen molar-refractivity contribution in [1.29, 1.82) is 0 Å². The van der Waals surface area contributed by atoms with E-state index in [1.54, 1.807) is 0 Å². The third kappa shape index (κ3) is 13.0. The molecule has 0 aliphatic carbocycles. The lowest BCUT2D eigenvalue weighted by atomic mass is 10.4. The predicted octanol–water partition coefficient (Wildman–Crippen LogP) is 0.654. The van der Waals surface area contributed by atoms with Crippen LogP contribution in [-0.2, 0) is 0 Å². The molecule has 1 amide bonds. The fourth-order valence-electron chi connectivity index (χ4n) is 0.396. The van der Waals surface area contributed by atoms with E-state index < -0.39 is 6.09 Å². The Kier molecular flexibility index (Phi) is 12.2. The highest BCUT2D eigenvalue weighted by atomic mass is 32.2. The van der Waals surface area contributed by atoms with Gasteiger partial charge in [-0.25, -0.2) is 0 Å². The van der Waals surface area contributed by atoms with Crippen molar-refractivity contribution in [2.75, 3.05) is 11.5 Å². The summed E-state index contributed by atoms with van der Waals surface area (Å²) in [5.41, 5.74) is 0. The van der Waals surface area contributed by atoms with Crippen LogP contribution in [0.4, 0.5) is 4.79 Å². The molecule has 0 radical (unpaired) electrons. The summed E-state index contributed by atoms with van der Waals surface area (Å²) >= 11 is 5.16. The quantitative estimate of drug-likeness (QED) is 0.344. The molecule has 11 heavy (non-hydrogen) atoms. The highest BCUT2D eigenvalue weighted by Gasteiger charge is 1.87. The first kappa shape index (κ1) is 13.5. The van der Waals surface area contributed by atoms with E-state index in [1.807, 2.05) is 0 Å². The van der Waals surface area contributed by atoms with Crippen molar-refractivity contribution in [3.63, 3.8) is 0 Å². The van der Waals surface area contributed by atoms with Gasteiger partial charge in [-0.2, -0.15) is 12.6 Å². The smallest absolute Gasteiger partial charge is 0.144 e. The fourth-order valence-corrected chi connectivity index (χ4v) is 1.19. The van der Waals surface area contributed by atoms with E-state index >= 15 is 0 Å². The Bertz CT molecular complexity index is 102. The topological polar surface area (TPSA) is 88.7 Å². The normalized spacial score (nSPS) is 8.45. The lowest BCUT2D eigenvalue weighted by molar-refractivity contribution is -0.247. The zero-order valence-corrected chi connectivity index (χ0v) is 8.21. The minimum absolute atomic E-state index is 0. The Morgan fingerprint density at radius 1 is 1.55 bits per heavy atom. The summed E-state index contributed by atoms with van der Waals surface area (Å²) in [6, 6.07) is 0. The van der Waals surface area contributed by atoms with Gasteiger partial charge in [0.2, 0.25) is 0 Å². The lowest BCUT2D eigenvalue weighted by Crippen LogP contribution is -2.31. The number of unbranched alkanes of at least 4 members (excludes halogenated alkanes) is 1. The van der Waals surface area contributed by atoms with Crippen LogP contribution >= 0.6 is 24.6 Å². The fraction of sp³-hybridized carbons (Fsp3) is 0.800. The van der Waals surface area contributed by atoms with E-state index in [4.69, 9.17) is 0 Å². The van der Waals surface area contributed by atoms with E-state index in [1.165, 1.54) is 0 Å². The van der Waals surface area contributed by atoms with Gasteiger partial charge < -0.3 is 20.8 Å². The minimum atomic E-state index is -1.23. The van der Waals surface area contributed by atoms with Crippen LogP contribution in [0.3, 0.4) is 0 Å². The first-order valence-electron chi connectivity index (χ1n) is 2.97. The maximum Gasteiger partial charge on any atom is 0.144 e. The van der Waals surface area contributed by atoms with Crippen LogP contribution in [0.25, 0.3) is 0 Å². The molecule has 5 N–H and O–H groups in total. The second kappa shape index (κ2) is 9.93. The van der Waals surface area contributed by atoms with Crippen LogP contribution in [-0.4, -0.2) is 17.6 Å². The molecule has 0 aromatic heterocycles. The number of carboxylic acid groups (broad SMARTS) is 1. The van der Waals surface area contributed by atoms with E-state index in [9.17, 15) is 9.90 Å². The SMILES string of the molecule is O=C([O-])NSCCCCS.[NH4+]. The third-order valence-corrected chi connectivity index (χ3v) is 1.93. The van der Waals surface area contributed by atoms with Crippen molar-refractivity contribution in [3.05, 3.63) is 0 Å². The summed E-state index contributed by atoms with van der Waals surface area (Å²) < 4.78 is 2.10. The molecule has 4 nitrogen and oxygen atoms in total. The molecule has 0 fully saturated rings. The average molecular weight is 198 g/mol. The van der Waals surface area contributed by atoms with Crippen molar-refractivity contribution in [3.8, 4) is 0 Å². The molecular weight excluding hydrogens is 184 g/mol. The number of nitrogens with one attached hydrogen (secondary N) is 1. The standard InChI is InChI=1S/C5H11NO2S2.H3N/c7-5(8)6-10-4-2-1-3-9;/h6,9H,1-4H2,(H,7,8);1H3. The summed E-state index contributed by atoms with van der Waals surface area (Å²) in [6.07, 6.45) is 0.773. The molecule has 0 aliphatic rings. The number of hydrogen-bond donors (Lipinski definition) is 3. The molecule has 0 aromatic carbocycles. The van der Waals surface area contributed by atoms with Gasteiger partial charge >= 0.3 is 0 Å². The Labute approximate surface area is 76.3 Å². The molecule has 0 spiro atoms. The van der Waals surface area contributed by atoms with E-state index in [-0.39, 0.29) is 6.15 Å². The summed E-state index contributed by atoms with van der Waals surface area (Å²) in [5, 5.41) is 9.77. The predicted molar refractivity (Wildman–Crippen MR) is 50.1 cm³/mol. The Hall–Kier alpha value is -0.0700. The summed E-state index contributed by atoms with van der Waals surface area (Å²) in [7, 11) is 0. The van der Waals surface area contributed by atoms with E-state index in [0.29, 0.717) is 0 Å². The second-order valence-corrected chi connectivity index (χ2v) is 3.02. The molecular formula is C5H14N2O2S2. The molecule has 6 heteroatoms. The number of carbonyl (C=O) groups is 1. The van der Waals surface area contributed by atoms with Gasteiger partial charge in [-0.15, -0.1) is 0 Å². The Morgan fingerprint density at radius 3 is 2.64 bits per heavy atom. The Morgan fingerprint density at radius 2 is 2.18 bits per heavy atom. The van der Waals surface area contributed by atoms with Gasteiger partial charge in [-0.1, -0.05) is 11.9 Å². The largest absolute Gasteiger partial charge is 0.529 e. The van der Waals surface area contributed by atoms with E-state index in [2.05, 4.69) is 17.4 Å². The number of hydrogen-bond acceptors (Lipinski definition) is 4. The number of quaternary nitrogens is 1. The average Bonchev–Trinajstić information content (AvgIpc) is 1.87. The second-order valence-electron chi connectivity index (χ2n) is 1.67. The van der Waals surface area contributed by atoms with Gasteiger partial charge in [0, 0.05) is 5.75 Å². The van der Waals surface area contributed by atoms with E-state index in [0.717, 1.165) is 36.3 Å². The van der Waals surface area contributed by atoms with Gasteiger partial charge in [0.1, 0.15) is 6.09 Å². The van der Waals surface area contributed by atoms with Crippen molar-refractivity contribution < 1.29 is 9.90 Å². The maximum atomic E-state index is 9.77. The third-order valence-electron chi connectivity index (χ3n) is 0.810. The van der Waals surface area contributed by atoms with Crippen LogP contribution in [0.15, 0.2) is 0 Å². The van der Waals surface area contributed by atoms with Gasteiger partial charge in [0.15, 0.2) is 0 Å². The van der Waals surface area contributed by atoms with Crippen LogP contribution in [0.1, 0.15) is 12.8 Å². The highest BCUT2D eigenvalue weighted by Crippen LogP contribution is 1.99. The molecule has 0 rings (SSSR count). The molecule has 0 aliphatic heterocycles. The van der Waals surface area contributed by atoms with Crippen molar-refractivity contribution in [1.82, 2.24) is 10.9 Å². The van der Waals surface area contributed by atoms with Crippen molar-refractivity contribution in [2.45, 2.75) is 12.8 Å². The number of thiol groups is 1. The van der Waals surface area contributed by atoms with Crippen molar-refractivity contribution in [2.24, 2.45) is 0 Å². The maximum absolute atomic E-state index is 9.77. The van der Waals surface area contributed by atoms with Crippen molar-refractivity contribution >= 4 is 30.7 Å². The zero-order chi connectivity index (χ0) is 7.82. The lowest BCUT2D eigenvalue weighted by Gasteiger charge is -2.03. The summed E-state index contributed by atoms with van der Waals surface area (Å²) in [4.78, 5) is 9.77. The highest BCUT2D eigenvalue weighted by molar-refractivity contribution is 7.97. The number of amides is 1. The Balaban J connectivity index is 0. The molecule has 0 saturated heterocycles. The van der Waals surface area contributed by atoms with Gasteiger partial charge in [0.25, 0.3) is 0 Å². The minimum Gasteiger partial charge on any atom is -0.529 e.